The maximum absolute atomic E-state index is 12.3. The van der Waals surface area contributed by atoms with Crippen LogP contribution in [0.2, 0.25) is 0 Å². The second-order valence-electron chi connectivity index (χ2n) is 4.95. The van der Waals surface area contributed by atoms with Gasteiger partial charge in [-0.1, -0.05) is 35.5 Å². The molecular weight excluding hydrogens is 266 g/mol. The molecule has 0 aliphatic carbocycles. The molecule has 0 radical (unpaired) electrons. The van der Waals surface area contributed by atoms with E-state index in [1.165, 1.54) is 6.20 Å². The van der Waals surface area contributed by atoms with Crippen LogP contribution in [-0.2, 0) is 0 Å². The van der Waals surface area contributed by atoms with Crippen LogP contribution in [0.5, 0.6) is 0 Å². The van der Waals surface area contributed by atoms with Crippen LogP contribution in [0.3, 0.4) is 0 Å². The van der Waals surface area contributed by atoms with Crippen molar-refractivity contribution in [3.63, 3.8) is 0 Å². The third-order valence-electron chi connectivity index (χ3n) is 3.42. The Bertz CT molecular complexity index is 781. The highest BCUT2D eigenvalue weighted by molar-refractivity contribution is 5.97. The van der Waals surface area contributed by atoms with Crippen LogP contribution in [0, 0.1) is 6.92 Å². The number of carbonyl (C=O) groups is 1. The molecule has 1 atom stereocenters. The van der Waals surface area contributed by atoms with Crippen LogP contribution in [-0.4, -0.2) is 16.0 Å². The standard InChI is InChI=1S/C16H15N3O2/c1-10(12-6-4-3-5-7-12)18-15(20)13-8-14-11(2)19-21-16(14)17-9-13/h3-10H,1-2H3,(H,18,20). The molecule has 1 N–H and O–H groups in total. The van der Waals surface area contributed by atoms with E-state index in [1.807, 2.05) is 44.2 Å². The molecule has 3 rings (SSSR count). The quantitative estimate of drug-likeness (QED) is 0.801. The van der Waals surface area contributed by atoms with E-state index >= 15 is 0 Å². The number of aromatic nitrogens is 2. The fourth-order valence-corrected chi connectivity index (χ4v) is 2.17. The van der Waals surface area contributed by atoms with E-state index in [0.29, 0.717) is 11.3 Å². The molecule has 0 bridgehead atoms. The molecule has 0 saturated heterocycles. The maximum Gasteiger partial charge on any atom is 0.257 e. The van der Waals surface area contributed by atoms with E-state index in [9.17, 15) is 4.79 Å². The van der Waals surface area contributed by atoms with Gasteiger partial charge in [-0.15, -0.1) is 0 Å². The minimum atomic E-state index is -0.165. The zero-order chi connectivity index (χ0) is 14.8. The van der Waals surface area contributed by atoms with E-state index in [1.54, 1.807) is 6.07 Å². The first kappa shape index (κ1) is 13.3. The summed E-state index contributed by atoms with van der Waals surface area (Å²) in [5, 5.41) is 7.55. The molecule has 5 heteroatoms. The van der Waals surface area contributed by atoms with E-state index in [4.69, 9.17) is 4.52 Å². The molecule has 0 spiro atoms. The van der Waals surface area contributed by atoms with Crippen LogP contribution in [0.4, 0.5) is 0 Å². The first-order valence-electron chi connectivity index (χ1n) is 6.73. The molecule has 21 heavy (non-hydrogen) atoms. The lowest BCUT2D eigenvalue weighted by atomic mass is 10.1. The van der Waals surface area contributed by atoms with E-state index in [0.717, 1.165) is 16.6 Å². The average Bonchev–Trinajstić information content (AvgIpc) is 2.89. The smallest absolute Gasteiger partial charge is 0.257 e. The largest absolute Gasteiger partial charge is 0.345 e. The zero-order valence-electron chi connectivity index (χ0n) is 11.8. The van der Waals surface area contributed by atoms with Gasteiger partial charge in [0.25, 0.3) is 11.6 Å². The van der Waals surface area contributed by atoms with Crippen molar-refractivity contribution >= 4 is 17.0 Å². The monoisotopic (exact) mass is 281 g/mol. The lowest BCUT2D eigenvalue weighted by Crippen LogP contribution is -2.26. The molecule has 0 aliphatic heterocycles. The van der Waals surface area contributed by atoms with Crippen molar-refractivity contribution in [2.24, 2.45) is 0 Å². The van der Waals surface area contributed by atoms with Gasteiger partial charge in [-0.25, -0.2) is 4.98 Å². The van der Waals surface area contributed by atoms with Crippen molar-refractivity contribution in [1.29, 1.82) is 0 Å². The van der Waals surface area contributed by atoms with E-state index in [-0.39, 0.29) is 11.9 Å². The summed E-state index contributed by atoms with van der Waals surface area (Å²) in [6.07, 6.45) is 1.50. The molecule has 1 unspecified atom stereocenters. The van der Waals surface area contributed by atoms with Gasteiger partial charge >= 0.3 is 0 Å². The topological polar surface area (TPSA) is 68.0 Å². The van der Waals surface area contributed by atoms with Crippen LogP contribution >= 0.6 is 0 Å². The average molecular weight is 281 g/mol. The minimum Gasteiger partial charge on any atom is -0.345 e. The lowest BCUT2D eigenvalue weighted by molar-refractivity contribution is 0.0939. The summed E-state index contributed by atoms with van der Waals surface area (Å²) in [7, 11) is 0. The Morgan fingerprint density at radius 1 is 1.29 bits per heavy atom. The number of pyridine rings is 1. The molecule has 1 aromatic carbocycles. The van der Waals surface area contributed by atoms with Crippen molar-refractivity contribution in [2.75, 3.05) is 0 Å². The van der Waals surface area contributed by atoms with Crippen molar-refractivity contribution < 1.29 is 9.32 Å². The zero-order valence-corrected chi connectivity index (χ0v) is 11.8. The molecular formula is C16H15N3O2. The van der Waals surface area contributed by atoms with E-state index in [2.05, 4.69) is 15.5 Å². The highest BCUT2D eigenvalue weighted by atomic mass is 16.5. The van der Waals surface area contributed by atoms with E-state index < -0.39 is 0 Å². The van der Waals surface area contributed by atoms with Gasteiger partial charge in [-0.3, -0.25) is 4.79 Å². The number of amides is 1. The van der Waals surface area contributed by atoms with Gasteiger partial charge in [0.15, 0.2) is 0 Å². The molecule has 2 heterocycles. The number of nitrogens with one attached hydrogen (secondary N) is 1. The number of hydrogen-bond donors (Lipinski definition) is 1. The summed E-state index contributed by atoms with van der Waals surface area (Å²) < 4.78 is 5.04. The van der Waals surface area contributed by atoms with Crippen molar-refractivity contribution in [3.8, 4) is 0 Å². The van der Waals surface area contributed by atoms with Gasteiger partial charge in [0.2, 0.25) is 0 Å². The van der Waals surface area contributed by atoms with Gasteiger partial charge in [0.05, 0.1) is 22.7 Å². The Labute approximate surface area is 122 Å². The van der Waals surface area contributed by atoms with Gasteiger partial charge in [0.1, 0.15) is 0 Å². The Kier molecular flexibility index (Phi) is 3.39. The molecule has 106 valence electrons. The number of rotatable bonds is 3. The number of aryl methyl sites for hydroxylation is 1. The Balaban J connectivity index is 1.82. The number of benzene rings is 1. The van der Waals surface area contributed by atoms with Gasteiger partial charge in [-0.05, 0) is 25.5 Å². The van der Waals surface area contributed by atoms with Crippen LogP contribution < -0.4 is 5.32 Å². The van der Waals surface area contributed by atoms with Gasteiger partial charge in [-0.2, -0.15) is 0 Å². The van der Waals surface area contributed by atoms with Crippen molar-refractivity contribution in [1.82, 2.24) is 15.5 Å². The fraction of sp³-hybridized carbons (Fsp3) is 0.188. The molecule has 1 amide bonds. The summed E-state index contributed by atoms with van der Waals surface area (Å²) in [4.78, 5) is 16.4. The first-order chi connectivity index (χ1) is 10.1. The van der Waals surface area contributed by atoms with Crippen LogP contribution in [0.1, 0.15) is 34.6 Å². The van der Waals surface area contributed by atoms with Crippen LogP contribution in [0.25, 0.3) is 11.1 Å². The highest BCUT2D eigenvalue weighted by Gasteiger charge is 2.14. The Morgan fingerprint density at radius 2 is 2.05 bits per heavy atom. The summed E-state index contributed by atoms with van der Waals surface area (Å²) in [6, 6.07) is 11.5. The Hall–Kier alpha value is -2.69. The lowest BCUT2D eigenvalue weighted by Gasteiger charge is -2.14. The van der Waals surface area contributed by atoms with Crippen LogP contribution in [0.15, 0.2) is 47.1 Å². The number of nitrogens with zero attached hydrogens (tertiary/aromatic N) is 2. The number of carbonyl (C=O) groups excluding carboxylic acids is 1. The second kappa shape index (κ2) is 5.36. The maximum atomic E-state index is 12.3. The third kappa shape index (κ3) is 2.63. The third-order valence-corrected chi connectivity index (χ3v) is 3.42. The summed E-state index contributed by atoms with van der Waals surface area (Å²) in [6.45, 7) is 3.77. The predicted molar refractivity (Wildman–Crippen MR) is 78.9 cm³/mol. The molecule has 0 fully saturated rings. The first-order valence-corrected chi connectivity index (χ1v) is 6.73. The second-order valence-corrected chi connectivity index (χ2v) is 4.95. The fourth-order valence-electron chi connectivity index (χ4n) is 2.17. The number of hydrogen-bond acceptors (Lipinski definition) is 4. The number of fused-ring (bicyclic) bond motifs is 1. The molecule has 2 aromatic heterocycles. The molecule has 0 saturated carbocycles. The molecule has 3 aromatic rings. The molecule has 0 aliphatic rings. The van der Waals surface area contributed by atoms with Gasteiger partial charge < -0.3 is 9.84 Å². The van der Waals surface area contributed by atoms with Crippen molar-refractivity contribution in [2.45, 2.75) is 19.9 Å². The predicted octanol–water partition coefficient (Wildman–Crippen LogP) is 3.02. The molecule has 5 nitrogen and oxygen atoms in total. The normalized spacial score (nSPS) is 12.3. The summed E-state index contributed by atoms with van der Waals surface area (Å²) in [5.41, 5.74) is 2.72. The van der Waals surface area contributed by atoms with Gasteiger partial charge in [0, 0.05) is 6.20 Å². The Morgan fingerprint density at radius 3 is 2.81 bits per heavy atom. The highest BCUT2D eigenvalue weighted by Crippen LogP contribution is 2.18. The summed E-state index contributed by atoms with van der Waals surface area (Å²) >= 11 is 0. The van der Waals surface area contributed by atoms with Crippen molar-refractivity contribution in [3.05, 3.63) is 59.4 Å². The SMILES string of the molecule is Cc1noc2ncc(C(=O)NC(C)c3ccccc3)cc12. The summed E-state index contributed by atoms with van der Waals surface area (Å²) in [5.74, 6) is -0.165. The minimum absolute atomic E-state index is 0.0713.